The standard InChI is InChI=1S/C91H153N12O39P3/c1-57-80(119)81(120)67(46-104)139-88(57)133-37-22-17-29-71(114)94-35-19-14-26-64(112)33-41-131-53-91(52-130-40-32-63(111)24-10-8-9-23-61(109)27-15-20-38-134-89-77(99-58(2)107)84(123)82(121)68(47-105)140-89,54-132-42-34-72(115)95-36-18-13-25-62(110)28-16-21-39-135-90-78(100-59(3)108)85(124)83(122)69(48-106)141-90)101-73(116)30-11-6-4-5-7-12-31-74(117)102-45-65(113)43-60(102)49-137-145(128,129)142-66-44-75(103-56-98-79-86(92)96-55-97-87(79)103)138-70(66)50-136-144(126,127)76(118)51-143(93)125/h55-57,60,65-70,75,77-78,80-85,88-90,104-106,113,119-124H,4-54H2,1-3H3,(H10-,92,93,94,95,96,97,99,100,101,107,108,114,115,116,125,126,127,128,129)/p+1/t57?,60-,65+,66-,67?,68?,69?,70+,75+,77?,78?,80+,81-,82-,83-,84+,85+,88+,89+,90+,91?/m0/s1/i/hD. The zero-order chi connectivity index (χ0) is 107. The van der Waals surface area contributed by atoms with Crippen LogP contribution in [0.4, 0.5) is 5.82 Å². The van der Waals surface area contributed by atoms with Crippen molar-refractivity contribution in [2.45, 2.75) is 355 Å². The van der Waals surface area contributed by atoms with Gasteiger partial charge < -0.3 is 150 Å². The molecular weight excluding hydrogens is 1980 g/mol. The highest BCUT2D eigenvalue weighted by Gasteiger charge is 2.50. The molecule has 5 fully saturated rings. The number of β-amino-alcohol motifs (C(OH)–C–C–N with tert-alkyl or cyclic N) is 1. The smallest absolute Gasteiger partial charge is 0.394 e. The Morgan fingerprint density at radius 2 is 0.952 bits per heavy atom. The predicted octanol–water partition coefficient (Wildman–Crippen LogP) is 0.109. The molecule has 5 aliphatic heterocycles. The van der Waals surface area contributed by atoms with Gasteiger partial charge in [-0.2, -0.15) is 0 Å². The summed E-state index contributed by atoms with van der Waals surface area (Å²) < 4.78 is 122. The summed E-state index contributed by atoms with van der Waals surface area (Å²) in [6.45, 7) is 0.464. The predicted molar refractivity (Wildman–Crippen MR) is 510 cm³/mol. The van der Waals surface area contributed by atoms with Gasteiger partial charge in [0.25, 0.3) is 5.52 Å². The van der Waals surface area contributed by atoms with E-state index in [1.54, 1.807) is 12.4 Å². The number of ketones is 4. The number of fused-ring (bicyclic) bond motifs is 1. The van der Waals surface area contributed by atoms with E-state index in [1.165, 1.54) is 29.6 Å². The second-order valence-electron chi connectivity index (χ2n) is 37.3. The Hall–Kier alpha value is -6.96. The third-order valence-electron chi connectivity index (χ3n) is 25.3. The minimum Gasteiger partial charge on any atom is -0.394 e. The number of hydrogen-bond donors (Lipinski definition) is 19. The summed E-state index contributed by atoms with van der Waals surface area (Å²) in [5.74, 6) is -3.30. The molecule has 51 nitrogen and oxygen atoms in total. The molecule has 10 unspecified atom stereocenters. The normalized spacial score (nSPS) is 26.3. The lowest BCUT2D eigenvalue weighted by molar-refractivity contribution is -0.282. The van der Waals surface area contributed by atoms with Gasteiger partial charge >= 0.3 is 23.4 Å². The number of carbonyl (C=O) groups excluding carboxylic acids is 11. The molecule has 2 aromatic rings. The number of amides is 6. The van der Waals surface area contributed by atoms with Gasteiger partial charge in [0.05, 0.1) is 97.3 Å². The van der Waals surface area contributed by atoms with Crippen LogP contribution in [0.25, 0.3) is 11.2 Å². The Bertz CT molecular complexity index is 4370. The molecule has 54 heteroatoms. The molecule has 145 heavy (non-hydrogen) atoms. The maximum Gasteiger partial charge on any atom is 0.472 e. The minimum atomic E-state index is -5.19. The fourth-order valence-electron chi connectivity index (χ4n) is 17.1. The number of hydrogen-bond acceptors (Lipinski definition) is 41. The monoisotopic (exact) mass is 2130 g/mol. The van der Waals surface area contributed by atoms with Gasteiger partial charge in [0, 0.05) is 143 Å². The van der Waals surface area contributed by atoms with Crippen LogP contribution in [0.1, 0.15) is 239 Å². The summed E-state index contributed by atoms with van der Waals surface area (Å²) in [4.78, 5) is 178. The van der Waals surface area contributed by atoms with E-state index in [9.17, 15) is 127 Å². The first-order valence-corrected chi connectivity index (χ1v) is 54.5. The Balaban J connectivity index is 0.910. The van der Waals surface area contributed by atoms with Crippen LogP contribution in [0, 0.1) is 5.92 Å². The van der Waals surface area contributed by atoms with Gasteiger partial charge in [0.1, 0.15) is 120 Å². The van der Waals surface area contributed by atoms with Gasteiger partial charge in [0.2, 0.25) is 41.6 Å². The molecule has 21 N–H and O–H groups in total. The van der Waals surface area contributed by atoms with Crippen LogP contribution < -0.4 is 37.8 Å². The first-order chi connectivity index (χ1) is 69.7. The molecule has 0 bridgehead atoms. The number of ether oxygens (including phenoxy) is 10. The van der Waals surface area contributed by atoms with Crippen molar-refractivity contribution >= 4 is 104 Å². The number of rotatable bonds is 77. The maximum atomic E-state index is 14.3. The summed E-state index contributed by atoms with van der Waals surface area (Å²) >= 11 is 0. The number of nitrogens with two attached hydrogens (primary N) is 2. The molecule has 6 amide bonds. The van der Waals surface area contributed by atoms with E-state index < -0.39 is 214 Å². The van der Waals surface area contributed by atoms with Crippen molar-refractivity contribution in [1.29, 1.82) is 0 Å². The van der Waals surface area contributed by atoms with Crippen LogP contribution in [-0.2, 0) is 127 Å². The van der Waals surface area contributed by atoms with Crippen molar-refractivity contribution in [3.63, 3.8) is 0 Å². The zero-order valence-electron chi connectivity index (χ0n) is 83.8. The number of phosphoric ester groups is 1. The number of nitrogen functional groups attached to an aromatic ring is 1. The summed E-state index contributed by atoms with van der Waals surface area (Å²) in [5.41, 5.74) is 4.92. The molecule has 0 saturated carbocycles. The van der Waals surface area contributed by atoms with E-state index in [4.69, 9.17) is 68.1 Å². The number of likely N-dealkylation sites (tertiary alicyclic amines) is 1. The van der Waals surface area contributed by atoms with Gasteiger partial charge in [-0.05, 0) is 96.3 Å². The number of nitrogens with zero attached hydrogens (tertiary/aromatic N) is 5. The van der Waals surface area contributed by atoms with Gasteiger partial charge in [-0.15, -0.1) is 5.50 Å². The SMILES string of the molecule is [2H]N[P+](=O)CC(=O)P(=O)(O)OC[C@H]1O[C@@H](n2cnc3c(N)ncnc32)C[C@@H]1OP(=O)(O)OC[C@@H]1C[C@@H](O)CN1C(=O)CCCCCCCCC(=O)NC(COCCC(=O)CCCCCC(=O)CCCCO[C@@H]1OC(CO)[C@H](O)[C@H](O)C1NC(C)=O)(COCCC(=O)CCCCNC(=O)CCCCO[C@@H]1OC(CO)[C@H](O)[C@H](O)C1C)COCCC(=O)NCCCCC(=O)CCCCO[C@@H]1OC(CO)[C@H](O)[C@H](O)C1NC(C)=O. The Morgan fingerprint density at radius 1 is 0.510 bits per heavy atom. The molecule has 24 atom stereocenters. The molecule has 2 aromatic heterocycles. The fourth-order valence-corrected chi connectivity index (χ4v) is 19.9. The molecule has 5 saturated heterocycles. The molecule has 826 valence electrons. The van der Waals surface area contributed by atoms with Crippen LogP contribution in [-0.4, -0.2) is 383 Å². The fraction of sp³-hybridized carbons (Fsp3) is 0.824. The second-order valence-corrected chi connectivity index (χ2v) is 41.6. The lowest BCUT2D eigenvalue weighted by atomic mass is 9.92. The van der Waals surface area contributed by atoms with Crippen LogP contribution in [0.3, 0.4) is 0 Å². The molecule has 0 spiro atoms. The number of unbranched alkanes of at least 4 members (excludes halogenated alkanes) is 12. The molecule has 0 radical (unpaired) electrons. The van der Waals surface area contributed by atoms with E-state index in [1.807, 2.05) is 0 Å². The van der Waals surface area contributed by atoms with Gasteiger partial charge in [0.15, 0.2) is 31.7 Å². The molecule has 7 heterocycles. The van der Waals surface area contributed by atoms with E-state index in [-0.39, 0.29) is 220 Å². The molecule has 7 rings (SSSR count). The third kappa shape index (κ3) is 44.5. The highest BCUT2D eigenvalue weighted by Crippen LogP contribution is 2.51. The van der Waals surface area contributed by atoms with Crippen molar-refractivity contribution in [3.05, 3.63) is 12.7 Å². The summed E-state index contributed by atoms with van der Waals surface area (Å²) in [6.07, 6.45) is -8.30. The van der Waals surface area contributed by atoms with Crippen LogP contribution in [0.2, 0.25) is 1.41 Å². The van der Waals surface area contributed by atoms with Crippen molar-refractivity contribution in [2.75, 3.05) is 124 Å². The Morgan fingerprint density at radius 3 is 1.47 bits per heavy atom. The summed E-state index contributed by atoms with van der Waals surface area (Å²) in [5, 5.41) is 116. The van der Waals surface area contributed by atoms with Crippen molar-refractivity contribution in [2.24, 2.45) is 11.4 Å². The summed E-state index contributed by atoms with van der Waals surface area (Å²) in [6, 6.07) is -3.12. The zero-order valence-corrected chi connectivity index (χ0v) is 85.5. The first-order valence-electron chi connectivity index (χ1n) is 50.5. The lowest BCUT2D eigenvalue weighted by Gasteiger charge is -2.42. The van der Waals surface area contributed by atoms with E-state index in [0.29, 0.717) is 129 Å². The van der Waals surface area contributed by atoms with Crippen molar-refractivity contribution < 1.29 is 190 Å². The van der Waals surface area contributed by atoms with Gasteiger partial charge in [-0.25, -0.2) is 19.5 Å². The molecule has 5 aliphatic rings. The number of imidazole rings is 1. The number of carbonyl (C=O) groups is 11. The number of aliphatic hydroxyl groups is 10. The Kier molecular flexibility index (Phi) is 56.1. The summed E-state index contributed by atoms with van der Waals surface area (Å²) in [7, 11) is -13.1. The van der Waals surface area contributed by atoms with E-state index in [0.717, 1.165) is 6.33 Å². The highest BCUT2D eigenvalue weighted by atomic mass is 31.2. The average molecular weight is 2130 g/mol. The van der Waals surface area contributed by atoms with E-state index >= 15 is 0 Å². The highest BCUT2D eigenvalue weighted by molar-refractivity contribution is 7.72. The number of nitrogens with one attached hydrogen (secondary N) is 5. The molecular formula is C91H154N12O39P3+. The third-order valence-corrected chi connectivity index (χ3v) is 28.4. The van der Waals surface area contributed by atoms with Gasteiger partial charge in [-0.1, -0.05) is 43.6 Å². The second kappa shape index (κ2) is 66.0. The van der Waals surface area contributed by atoms with E-state index in [2.05, 4.69) is 41.5 Å². The van der Waals surface area contributed by atoms with Crippen molar-refractivity contribution in [3.8, 4) is 0 Å². The number of anilines is 1. The quantitative estimate of drug-likeness (QED) is 0.0309. The first kappa shape index (κ1) is 123. The van der Waals surface area contributed by atoms with Crippen molar-refractivity contribution in [1.82, 2.24) is 51.0 Å². The number of aromatic nitrogens is 4. The van der Waals surface area contributed by atoms with Crippen LogP contribution in [0.5, 0.6) is 0 Å². The van der Waals surface area contributed by atoms with Gasteiger partial charge in [-0.3, -0.25) is 70.9 Å². The van der Waals surface area contributed by atoms with Crippen LogP contribution in [0.15, 0.2) is 12.7 Å². The minimum absolute atomic E-state index is 0.00515. The largest absolute Gasteiger partial charge is 0.472 e. The number of aliphatic hydroxyl groups excluding tert-OH is 10. The maximum absolute atomic E-state index is 14.3. The number of phosphoric acid groups is 1. The lowest BCUT2D eigenvalue weighted by Crippen LogP contribution is -2.64. The molecule has 0 aliphatic carbocycles. The number of Topliss-reactive ketones (excluding diaryl/α,β-unsaturated/α-hetero) is 4. The van der Waals surface area contributed by atoms with Crippen LogP contribution >= 0.6 is 23.4 Å². The molecule has 0 aromatic carbocycles. The topological polar surface area (TPSA) is 761 Å². The Labute approximate surface area is 844 Å². The average Bonchev–Trinajstić information content (AvgIpc) is 1.58.